The van der Waals surface area contributed by atoms with Crippen molar-refractivity contribution in [2.75, 3.05) is 12.3 Å². The van der Waals surface area contributed by atoms with E-state index in [1.807, 2.05) is 0 Å². The van der Waals surface area contributed by atoms with Gasteiger partial charge >= 0.3 is 26.8 Å². The molecule has 1 aromatic heterocycles. The molecule has 2 rings (SSSR count). The Morgan fingerprint density at radius 3 is 2.33 bits per heavy atom. The van der Waals surface area contributed by atoms with Crippen molar-refractivity contribution in [1.82, 2.24) is 9.55 Å². The van der Waals surface area contributed by atoms with E-state index in [-0.39, 0.29) is 44.7 Å². The molecule has 0 saturated carbocycles. The van der Waals surface area contributed by atoms with Crippen molar-refractivity contribution < 1.29 is 46.6 Å². The Labute approximate surface area is 134 Å². The quantitative estimate of drug-likeness (QED) is 0.367. The molecule has 1 fully saturated rings. The number of hydrogen-bond acceptors (Lipinski definition) is 7. The predicted molar refractivity (Wildman–Crippen MR) is 70.1 cm³/mol. The van der Waals surface area contributed by atoms with Crippen LogP contribution in [0, 0.1) is 0 Å². The summed E-state index contributed by atoms with van der Waals surface area (Å²) in [6.07, 6.45) is -3.27. The molecule has 4 atom stereocenters. The normalized spacial score (nSPS) is 26.6. The summed E-state index contributed by atoms with van der Waals surface area (Å²) < 4.78 is 6.19. The van der Waals surface area contributed by atoms with Gasteiger partial charge in [-0.25, -0.2) is 4.79 Å². The van der Waals surface area contributed by atoms with Crippen LogP contribution in [0.15, 0.2) is 17.1 Å². The second-order valence-corrected chi connectivity index (χ2v) is 3.77. The predicted octanol–water partition coefficient (Wildman–Crippen LogP) is -1.96. The number of aromatic nitrogens is 2. The average molecular weight is 488 g/mol. The smallest absolute Gasteiger partial charge is 0.693 e. The molecule has 1 aliphatic heterocycles. The van der Waals surface area contributed by atoms with E-state index in [0.717, 1.165) is 4.57 Å². The molecule has 124 valence electrons. The van der Waals surface area contributed by atoms with Crippen LogP contribution in [0.2, 0.25) is 0 Å². The summed E-state index contributed by atoms with van der Waals surface area (Å²) in [6.45, 7) is -0.453. The molecule has 1 saturated heterocycles. The van der Waals surface area contributed by atoms with Gasteiger partial charge in [-0.2, -0.15) is 4.98 Å². The standard InChI is InChI=1S/C9H13N3O5.2H2N.H2O.Pt/c10-5-1-2-12(9(16)11-5)8-7(15)6(14)4(3-13)17-8;;;;/h1-2,4,6-8,13-15H,3H2,(H2,10,11,16);3*1H2;/q;2*-1;;+4. The van der Waals surface area contributed by atoms with Gasteiger partial charge < -0.3 is 43.6 Å². The third-order valence-electron chi connectivity index (χ3n) is 2.64. The number of ether oxygens (including phenoxy) is 1. The van der Waals surface area contributed by atoms with E-state index in [1.54, 1.807) is 0 Å². The summed E-state index contributed by atoms with van der Waals surface area (Å²) in [5.74, 6) is 0.0537. The summed E-state index contributed by atoms with van der Waals surface area (Å²) >= 11 is 0. The molecule has 0 radical (unpaired) electrons. The zero-order chi connectivity index (χ0) is 12.6. The van der Waals surface area contributed by atoms with Gasteiger partial charge in [0, 0.05) is 6.20 Å². The fourth-order valence-electron chi connectivity index (χ4n) is 1.73. The molecular formula is C9H19N5O6Pt+2. The second kappa shape index (κ2) is 9.92. The molecule has 4 unspecified atom stereocenters. The minimum absolute atomic E-state index is 0. The number of aliphatic hydroxyl groups is 3. The minimum atomic E-state index is -1.31. The number of nitrogens with zero attached hydrogens (tertiary/aromatic N) is 2. The molecule has 11 nitrogen and oxygen atoms in total. The van der Waals surface area contributed by atoms with Crippen molar-refractivity contribution >= 4 is 5.82 Å². The molecule has 0 bridgehead atoms. The van der Waals surface area contributed by atoms with E-state index in [1.165, 1.54) is 12.3 Å². The van der Waals surface area contributed by atoms with Crippen LogP contribution < -0.4 is 11.4 Å². The Kier molecular flexibility index (Phi) is 11.8. The molecule has 11 N–H and O–H groups in total. The number of rotatable bonds is 2. The Balaban J connectivity index is -0.000000810. The molecule has 0 spiro atoms. The molecule has 0 aliphatic carbocycles. The van der Waals surface area contributed by atoms with Gasteiger partial charge in [0.1, 0.15) is 24.1 Å². The van der Waals surface area contributed by atoms with E-state index in [0.29, 0.717) is 0 Å². The topological polar surface area (TPSA) is 229 Å². The summed E-state index contributed by atoms with van der Waals surface area (Å²) in [4.78, 5) is 15.0. The summed E-state index contributed by atoms with van der Waals surface area (Å²) in [6, 6.07) is 1.37. The summed E-state index contributed by atoms with van der Waals surface area (Å²) in [5, 5.41) is 28.2. The number of nitrogens with two attached hydrogens (primary N) is 3. The van der Waals surface area contributed by atoms with Crippen molar-refractivity contribution in [2.24, 2.45) is 0 Å². The first-order valence-electron chi connectivity index (χ1n) is 5.01. The molecule has 12 heteroatoms. The SMILES string of the molecule is Nc1ccn(C2OC(CO)C(O)C2O)c(=O)n1.O.[NH2-].[NH2-].[Pt+4]. The van der Waals surface area contributed by atoms with Gasteiger partial charge in [-0.1, -0.05) is 0 Å². The summed E-state index contributed by atoms with van der Waals surface area (Å²) in [5.41, 5.74) is 4.63. The van der Waals surface area contributed by atoms with Gasteiger partial charge in [0.2, 0.25) is 0 Å². The van der Waals surface area contributed by atoms with Gasteiger partial charge in [-0.3, -0.25) is 4.57 Å². The third kappa shape index (κ3) is 4.80. The number of aliphatic hydroxyl groups excluding tert-OH is 3. The van der Waals surface area contributed by atoms with Gasteiger partial charge in [-0.05, 0) is 6.07 Å². The maximum Gasteiger partial charge on any atom is 4.00 e. The van der Waals surface area contributed by atoms with Crippen LogP contribution in [0.5, 0.6) is 0 Å². The molecule has 21 heavy (non-hydrogen) atoms. The van der Waals surface area contributed by atoms with Crippen molar-refractivity contribution in [3.8, 4) is 0 Å². The van der Waals surface area contributed by atoms with Crippen LogP contribution in [0.3, 0.4) is 0 Å². The van der Waals surface area contributed by atoms with Crippen LogP contribution >= 0.6 is 0 Å². The maximum atomic E-state index is 11.5. The zero-order valence-electron chi connectivity index (χ0n) is 10.8. The van der Waals surface area contributed by atoms with Crippen molar-refractivity contribution in [1.29, 1.82) is 0 Å². The number of hydrogen-bond donors (Lipinski definition) is 4. The Bertz CT molecular complexity index is 474. The molecule has 0 aromatic carbocycles. The Hall–Kier alpha value is -0.912. The van der Waals surface area contributed by atoms with Gasteiger partial charge in [0.05, 0.1) is 6.61 Å². The fraction of sp³-hybridized carbons (Fsp3) is 0.556. The first kappa shape index (κ1) is 25.1. The largest absolute Gasteiger partial charge is 4.00 e. The van der Waals surface area contributed by atoms with Crippen LogP contribution in [-0.4, -0.2) is 55.3 Å². The Morgan fingerprint density at radius 1 is 1.33 bits per heavy atom. The van der Waals surface area contributed by atoms with Crippen LogP contribution in [0.4, 0.5) is 5.82 Å². The monoisotopic (exact) mass is 488 g/mol. The van der Waals surface area contributed by atoms with Crippen molar-refractivity contribution in [3.63, 3.8) is 0 Å². The van der Waals surface area contributed by atoms with E-state index in [4.69, 9.17) is 15.6 Å². The van der Waals surface area contributed by atoms with Crippen LogP contribution in [0.1, 0.15) is 6.23 Å². The third-order valence-corrected chi connectivity index (χ3v) is 2.64. The van der Waals surface area contributed by atoms with Crippen LogP contribution in [-0.2, 0) is 25.8 Å². The molecule has 1 aromatic rings. The zero-order valence-corrected chi connectivity index (χ0v) is 13.0. The molecule has 1 aliphatic rings. The summed E-state index contributed by atoms with van der Waals surface area (Å²) in [7, 11) is 0. The number of anilines is 1. The molecule has 0 amide bonds. The maximum absolute atomic E-state index is 11.5. The van der Waals surface area contributed by atoms with Crippen molar-refractivity contribution in [2.45, 2.75) is 24.5 Å². The second-order valence-electron chi connectivity index (χ2n) is 3.77. The average Bonchev–Trinajstić information content (AvgIpc) is 2.57. The Morgan fingerprint density at radius 2 is 1.90 bits per heavy atom. The van der Waals surface area contributed by atoms with Gasteiger partial charge in [0.25, 0.3) is 0 Å². The van der Waals surface area contributed by atoms with E-state index < -0.39 is 36.8 Å². The van der Waals surface area contributed by atoms with Crippen molar-refractivity contribution in [3.05, 3.63) is 35.0 Å². The molecular weight excluding hydrogens is 469 g/mol. The van der Waals surface area contributed by atoms with E-state index in [2.05, 4.69) is 4.98 Å². The van der Waals surface area contributed by atoms with Gasteiger partial charge in [0.15, 0.2) is 6.23 Å². The fourth-order valence-corrected chi connectivity index (χ4v) is 1.73. The minimum Gasteiger partial charge on any atom is -0.693 e. The van der Waals surface area contributed by atoms with E-state index in [9.17, 15) is 15.0 Å². The number of nitrogen functional groups attached to an aromatic ring is 1. The molecule has 2 heterocycles. The first-order chi connectivity index (χ1) is 8.04. The van der Waals surface area contributed by atoms with Crippen LogP contribution in [0.25, 0.3) is 12.3 Å². The first-order valence-corrected chi connectivity index (χ1v) is 5.01. The van der Waals surface area contributed by atoms with Gasteiger partial charge in [-0.15, -0.1) is 0 Å². The van der Waals surface area contributed by atoms with E-state index >= 15 is 0 Å².